The summed E-state index contributed by atoms with van der Waals surface area (Å²) in [7, 11) is 1.56. The zero-order valence-corrected chi connectivity index (χ0v) is 18.1. The smallest absolute Gasteiger partial charge is 0.311 e. The fraction of sp³-hybridized carbons (Fsp3) is 0.375. The van der Waals surface area contributed by atoms with Crippen LogP contribution in [0.2, 0.25) is 0 Å². The van der Waals surface area contributed by atoms with Crippen molar-refractivity contribution >= 4 is 29.2 Å². The van der Waals surface area contributed by atoms with Crippen molar-refractivity contribution in [2.24, 2.45) is 5.92 Å². The van der Waals surface area contributed by atoms with Gasteiger partial charge in [-0.1, -0.05) is 32.0 Å². The van der Waals surface area contributed by atoms with Crippen LogP contribution in [-0.2, 0) is 32.0 Å². The summed E-state index contributed by atoms with van der Waals surface area (Å²) >= 11 is 0. The van der Waals surface area contributed by atoms with E-state index < -0.39 is 24.4 Å². The Morgan fingerprint density at radius 2 is 1.71 bits per heavy atom. The van der Waals surface area contributed by atoms with E-state index >= 15 is 0 Å². The van der Waals surface area contributed by atoms with Gasteiger partial charge in [0.25, 0.3) is 5.91 Å². The van der Waals surface area contributed by atoms with Crippen molar-refractivity contribution in [3.8, 4) is 5.75 Å². The monoisotopic (exact) mass is 424 g/mol. The molecule has 2 aromatic rings. The first-order valence-electron chi connectivity index (χ1n) is 10.5. The van der Waals surface area contributed by atoms with Gasteiger partial charge in [0.15, 0.2) is 6.61 Å². The van der Waals surface area contributed by atoms with Gasteiger partial charge >= 0.3 is 5.97 Å². The lowest BCUT2D eigenvalue weighted by molar-refractivity contribution is -0.151. The first-order valence-corrected chi connectivity index (χ1v) is 10.5. The highest BCUT2D eigenvalue weighted by Gasteiger charge is 2.37. The van der Waals surface area contributed by atoms with Crippen LogP contribution in [0.25, 0.3) is 0 Å². The van der Waals surface area contributed by atoms with Crippen LogP contribution in [0.4, 0.5) is 11.4 Å². The Hall–Kier alpha value is -3.35. The number of rotatable bonds is 8. The fourth-order valence-corrected chi connectivity index (χ4v) is 3.77. The third-order valence-corrected chi connectivity index (χ3v) is 5.41. The van der Waals surface area contributed by atoms with Crippen LogP contribution in [-0.4, -0.2) is 38.0 Å². The molecule has 7 nitrogen and oxygen atoms in total. The zero-order chi connectivity index (χ0) is 22.4. The highest BCUT2D eigenvalue weighted by atomic mass is 16.5. The van der Waals surface area contributed by atoms with Gasteiger partial charge in [-0.15, -0.1) is 0 Å². The molecule has 2 aromatic carbocycles. The molecule has 0 aromatic heterocycles. The van der Waals surface area contributed by atoms with Crippen molar-refractivity contribution in [3.05, 3.63) is 53.6 Å². The number of hydrogen-bond acceptors (Lipinski definition) is 5. The van der Waals surface area contributed by atoms with Gasteiger partial charge in [-0.05, 0) is 48.2 Å². The number of benzene rings is 2. The number of nitrogens with zero attached hydrogens (tertiary/aromatic N) is 1. The minimum absolute atomic E-state index is 0.0835. The number of hydrogen-bond donors (Lipinski definition) is 1. The maximum Gasteiger partial charge on any atom is 0.311 e. The first-order chi connectivity index (χ1) is 15.0. The molecule has 0 bridgehead atoms. The normalized spacial score (nSPS) is 15.6. The van der Waals surface area contributed by atoms with Gasteiger partial charge in [0, 0.05) is 24.3 Å². The van der Waals surface area contributed by atoms with Crippen LogP contribution in [0, 0.1) is 5.92 Å². The van der Waals surface area contributed by atoms with Gasteiger partial charge in [-0.25, -0.2) is 0 Å². The van der Waals surface area contributed by atoms with Gasteiger partial charge in [0.1, 0.15) is 5.75 Å². The Bertz CT molecular complexity index is 933. The van der Waals surface area contributed by atoms with E-state index in [0.717, 1.165) is 29.7 Å². The Morgan fingerprint density at radius 3 is 2.29 bits per heavy atom. The number of carbonyl (C=O) groups excluding carboxylic acids is 3. The minimum Gasteiger partial charge on any atom is -0.497 e. The number of carbonyl (C=O) groups is 3. The van der Waals surface area contributed by atoms with Crippen molar-refractivity contribution in [1.29, 1.82) is 0 Å². The van der Waals surface area contributed by atoms with Crippen molar-refractivity contribution in [2.75, 3.05) is 30.5 Å². The van der Waals surface area contributed by atoms with Crippen molar-refractivity contribution in [3.63, 3.8) is 0 Å². The summed E-state index contributed by atoms with van der Waals surface area (Å²) in [6.07, 6.45) is 1.68. The van der Waals surface area contributed by atoms with E-state index in [1.54, 1.807) is 36.3 Å². The molecule has 1 atom stereocenters. The van der Waals surface area contributed by atoms with Crippen LogP contribution in [0.3, 0.4) is 0 Å². The van der Waals surface area contributed by atoms with Crippen LogP contribution in [0.5, 0.6) is 5.75 Å². The van der Waals surface area contributed by atoms with E-state index in [2.05, 4.69) is 5.32 Å². The van der Waals surface area contributed by atoms with Gasteiger partial charge in [-0.2, -0.15) is 0 Å². The average molecular weight is 424 g/mol. The van der Waals surface area contributed by atoms with Crippen LogP contribution in [0.1, 0.15) is 31.4 Å². The first kappa shape index (κ1) is 22.3. The molecule has 164 valence electrons. The number of methoxy groups -OCH3 is 1. The highest BCUT2D eigenvalue weighted by molar-refractivity contribution is 6.01. The average Bonchev–Trinajstić information content (AvgIpc) is 3.18. The SMILES string of the molecule is CCc1cccc(CC)c1N1C[C@H](C(=O)OCC(=O)Nc2ccc(OC)cc2)CC1=O. The number of ether oxygens (including phenoxy) is 2. The molecular weight excluding hydrogens is 396 g/mol. The summed E-state index contributed by atoms with van der Waals surface area (Å²) in [6.45, 7) is 3.96. The lowest BCUT2D eigenvalue weighted by Crippen LogP contribution is -2.29. The predicted octanol–water partition coefficient (Wildman–Crippen LogP) is 3.35. The number of esters is 1. The second kappa shape index (κ2) is 10.1. The summed E-state index contributed by atoms with van der Waals surface area (Å²) in [4.78, 5) is 39.0. The quantitative estimate of drug-likeness (QED) is 0.657. The van der Waals surface area contributed by atoms with E-state index in [-0.39, 0.29) is 18.9 Å². The van der Waals surface area contributed by atoms with Crippen molar-refractivity contribution in [2.45, 2.75) is 33.1 Å². The van der Waals surface area contributed by atoms with Crippen LogP contribution >= 0.6 is 0 Å². The molecule has 1 saturated heterocycles. The van der Waals surface area contributed by atoms with Gasteiger partial charge in [0.2, 0.25) is 5.91 Å². The van der Waals surface area contributed by atoms with Gasteiger partial charge < -0.3 is 19.7 Å². The zero-order valence-electron chi connectivity index (χ0n) is 18.1. The Labute approximate surface area is 182 Å². The van der Waals surface area contributed by atoms with E-state index in [1.807, 2.05) is 32.0 Å². The van der Waals surface area contributed by atoms with Gasteiger partial charge in [0.05, 0.1) is 13.0 Å². The highest BCUT2D eigenvalue weighted by Crippen LogP contribution is 2.32. The molecular formula is C24H28N2O5. The number of anilines is 2. The topological polar surface area (TPSA) is 84.9 Å². The molecule has 0 unspecified atom stereocenters. The molecule has 1 aliphatic rings. The lowest BCUT2D eigenvalue weighted by Gasteiger charge is -2.23. The molecule has 7 heteroatoms. The van der Waals surface area contributed by atoms with Crippen molar-refractivity contribution < 1.29 is 23.9 Å². The predicted molar refractivity (Wildman–Crippen MR) is 118 cm³/mol. The Kier molecular flexibility index (Phi) is 7.28. The minimum atomic E-state index is -0.587. The lowest BCUT2D eigenvalue weighted by atomic mass is 10.0. The second-order valence-electron chi connectivity index (χ2n) is 7.42. The van der Waals surface area contributed by atoms with E-state index in [0.29, 0.717) is 11.4 Å². The van der Waals surface area contributed by atoms with Crippen LogP contribution in [0.15, 0.2) is 42.5 Å². The largest absolute Gasteiger partial charge is 0.497 e. The molecule has 1 aliphatic heterocycles. The third kappa shape index (κ3) is 5.23. The summed E-state index contributed by atoms with van der Waals surface area (Å²) in [5.41, 5.74) is 3.65. The molecule has 0 saturated carbocycles. The second-order valence-corrected chi connectivity index (χ2v) is 7.42. The van der Waals surface area contributed by atoms with E-state index in [4.69, 9.17) is 9.47 Å². The molecule has 0 spiro atoms. The number of nitrogens with one attached hydrogen (secondary N) is 1. The molecule has 0 aliphatic carbocycles. The van der Waals surface area contributed by atoms with Gasteiger partial charge in [-0.3, -0.25) is 14.4 Å². The summed E-state index contributed by atoms with van der Waals surface area (Å²) < 4.78 is 10.3. The Balaban J connectivity index is 1.58. The number of aryl methyl sites for hydroxylation is 2. The molecule has 31 heavy (non-hydrogen) atoms. The molecule has 0 radical (unpaired) electrons. The molecule has 3 rings (SSSR count). The standard InChI is InChI=1S/C24H28N2O5/c1-4-16-7-6-8-17(5-2)23(16)26-14-18(13-22(26)28)24(29)31-15-21(27)25-19-9-11-20(30-3)12-10-19/h6-12,18H,4-5,13-15H2,1-3H3,(H,25,27)/t18-/m1/s1. The summed E-state index contributed by atoms with van der Waals surface area (Å²) in [5, 5.41) is 2.66. The van der Waals surface area contributed by atoms with Crippen LogP contribution < -0.4 is 15.0 Å². The van der Waals surface area contributed by atoms with E-state index in [1.165, 1.54) is 0 Å². The number of para-hydroxylation sites is 1. The maximum absolute atomic E-state index is 12.7. The summed E-state index contributed by atoms with van der Waals surface area (Å²) in [6, 6.07) is 12.9. The maximum atomic E-state index is 12.7. The molecule has 1 heterocycles. The Morgan fingerprint density at radius 1 is 1.06 bits per heavy atom. The molecule has 1 N–H and O–H groups in total. The van der Waals surface area contributed by atoms with Crippen molar-refractivity contribution in [1.82, 2.24) is 0 Å². The molecule has 1 fully saturated rings. The van der Waals surface area contributed by atoms with E-state index in [9.17, 15) is 14.4 Å². The fourth-order valence-electron chi connectivity index (χ4n) is 3.77. The summed E-state index contributed by atoms with van der Waals surface area (Å²) in [5.74, 6) is -0.982. The third-order valence-electron chi connectivity index (χ3n) is 5.41. The molecule has 2 amide bonds. The number of amides is 2.